The third kappa shape index (κ3) is 10.3. The van der Waals surface area contributed by atoms with Gasteiger partial charge in [0.2, 0.25) is 0 Å². The quantitative estimate of drug-likeness (QED) is 0.168. The fourth-order valence-corrected chi connectivity index (χ4v) is 7.29. The van der Waals surface area contributed by atoms with E-state index in [-0.39, 0.29) is 24.2 Å². The predicted molar refractivity (Wildman–Crippen MR) is 248 cm³/mol. The van der Waals surface area contributed by atoms with Crippen LogP contribution in [-0.2, 0) is 13.1 Å². The minimum absolute atomic E-state index is 0. The zero-order chi connectivity index (χ0) is 43.8. The molecule has 17 heteroatoms. The summed E-state index contributed by atoms with van der Waals surface area (Å²) in [7, 11) is 0. The summed E-state index contributed by atoms with van der Waals surface area (Å²) in [5.74, 6) is 2.74. The van der Waals surface area contributed by atoms with E-state index in [4.69, 9.17) is 9.47 Å². The molecule has 16 nitrogen and oxygen atoms in total. The number of pyridine rings is 4. The van der Waals surface area contributed by atoms with Crippen molar-refractivity contribution in [2.24, 2.45) is 0 Å². The van der Waals surface area contributed by atoms with Gasteiger partial charge in [-0.3, -0.25) is 19.6 Å². The molecule has 0 unspecified atom stereocenters. The number of nitrogens with zero attached hydrogens (tertiary/aromatic N) is 10. The number of fused-ring (bicyclic) bond motifs is 10. The molecule has 2 aliphatic rings. The Hall–Kier alpha value is -7.85. The number of halogens is 1. The summed E-state index contributed by atoms with van der Waals surface area (Å²) >= 11 is 0. The van der Waals surface area contributed by atoms with Crippen molar-refractivity contribution < 1.29 is 19.1 Å². The maximum Gasteiger partial charge on any atom is 0.260 e. The Kier molecular flexibility index (Phi) is 13.5. The van der Waals surface area contributed by atoms with Crippen LogP contribution in [0, 0.1) is 13.8 Å². The molecule has 65 heavy (non-hydrogen) atoms. The molecule has 0 fully saturated rings. The Morgan fingerprint density at radius 3 is 1.42 bits per heavy atom. The summed E-state index contributed by atoms with van der Waals surface area (Å²) in [6, 6.07) is 30.1. The van der Waals surface area contributed by atoms with Crippen LogP contribution in [0.25, 0.3) is 45.3 Å². The lowest BCUT2D eigenvalue weighted by molar-refractivity contribution is 0.101. The van der Waals surface area contributed by atoms with E-state index < -0.39 is 0 Å². The summed E-state index contributed by atoms with van der Waals surface area (Å²) in [4.78, 5) is 44.4. The highest BCUT2D eigenvalue weighted by Gasteiger charge is 2.20. The minimum Gasteiger partial charge on any atom is -0.493 e. The number of carbonyl (C=O) groups is 2. The smallest absolute Gasteiger partial charge is 0.260 e. The van der Waals surface area contributed by atoms with Crippen molar-refractivity contribution in [2.45, 2.75) is 52.6 Å². The number of nitrogens with one attached hydrogen (secondary N) is 2. The van der Waals surface area contributed by atoms with E-state index in [9.17, 15) is 9.59 Å². The number of ether oxygens (including phenoxy) is 2. The van der Waals surface area contributed by atoms with Crippen molar-refractivity contribution in [3.05, 3.63) is 145 Å². The van der Waals surface area contributed by atoms with Gasteiger partial charge in [0.05, 0.1) is 24.3 Å². The molecule has 0 saturated carbocycles. The van der Waals surface area contributed by atoms with E-state index in [0.717, 1.165) is 72.4 Å². The molecule has 0 atom stereocenters. The van der Waals surface area contributed by atoms with E-state index in [1.165, 1.54) is 0 Å². The number of anilines is 2. The largest absolute Gasteiger partial charge is 0.493 e. The number of hydrogen-bond donors (Lipinski definition) is 2. The van der Waals surface area contributed by atoms with Crippen LogP contribution in [0.4, 0.5) is 11.6 Å². The number of carbonyl (C=O) groups excluding carboxylic acids is 2. The second-order valence-corrected chi connectivity index (χ2v) is 15.3. The number of benzene rings is 2. The summed E-state index contributed by atoms with van der Waals surface area (Å²) in [6.45, 7) is 6.42. The van der Waals surface area contributed by atoms with Crippen LogP contribution in [0.1, 0.15) is 57.8 Å². The Morgan fingerprint density at radius 2 is 0.985 bits per heavy atom. The first-order valence-corrected chi connectivity index (χ1v) is 21.1. The first kappa shape index (κ1) is 43.8. The molecule has 0 saturated heterocycles. The molecule has 2 aliphatic heterocycles. The lowest BCUT2D eigenvalue weighted by Gasteiger charge is -2.15. The fraction of sp³-hybridized carbons (Fsp3) is 0.208. The van der Waals surface area contributed by atoms with Gasteiger partial charge >= 0.3 is 0 Å². The molecule has 4 bridgehead atoms. The van der Waals surface area contributed by atoms with Gasteiger partial charge in [-0.15, -0.1) is 32.8 Å². The van der Waals surface area contributed by atoms with Gasteiger partial charge in [0.15, 0.2) is 11.6 Å². The van der Waals surface area contributed by atoms with E-state index >= 15 is 0 Å². The van der Waals surface area contributed by atoms with Gasteiger partial charge in [-0.25, -0.2) is 9.97 Å². The molecule has 10 rings (SSSR count). The van der Waals surface area contributed by atoms with Gasteiger partial charge in [0, 0.05) is 48.0 Å². The summed E-state index contributed by atoms with van der Waals surface area (Å²) in [5.41, 5.74) is 7.77. The van der Waals surface area contributed by atoms with Crippen LogP contribution in [0.5, 0.6) is 11.5 Å². The third-order valence-electron chi connectivity index (χ3n) is 10.7. The normalized spacial score (nSPS) is 13.6. The first-order chi connectivity index (χ1) is 31.3. The standard InChI is InChI=1S/2C24H22N6O2.ClH/c2*1-16-7-8-18(14-25-16)17-9-10-21-19(13-17)24(31)28-22-6-4-5-20(27-22)23-29-26-15-30(23)11-2-3-12-32-21;/h2*4-10,13-15H,2-3,11-12H2,1H3,(H,27,28,31);1H. The minimum atomic E-state index is -0.287. The monoisotopic (exact) mass is 888 g/mol. The van der Waals surface area contributed by atoms with Crippen LogP contribution in [0.2, 0.25) is 0 Å². The van der Waals surface area contributed by atoms with Gasteiger partial charge in [-0.05, 0) is 111 Å². The van der Waals surface area contributed by atoms with Crippen molar-refractivity contribution in [1.29, 1.82) is 0 Å². The summed E-state index contributed by atoms with van der Waals surface area (Å²) in [6.07, 6.45) is 10.4. The number of aromatic nitrogens is 10. The van der Waals surface area contributed by atoms with Crippen molar-refractivity contribution in [3.8, 4) is 56.8 Å². The molecule has 6 aromatic heterocycles. The molecule has 328 valence electrons. The van der Waals surface area contributed by atoms with Crippen LogP contribution in [-0.4, -0.2) is 74.5 Å². The maximum absolute atomic E-state index is 13.2. The predicted octanol–water partition coefficient (Wildman–Crippen LogP) is 8.69. The highest BCUT2D eigenvalue weighted by atomic mass is 35.5. The molecule has 8 heterocycles. The summed E-state index contributed by atoms with van der Waals surface area (Å²) in [5, 5.41) is 22.3. The Morgan fingerprint density at radius 1 is 0.538 bits per heavy atom. The molecule has 2 aromatic carbocycles. The van der Waals surface area contributed by atoms with Crippen LogP contribution in [0.3, 0.4) is 0 Å². The molecule has 0 aliphatic carbocycles. The average Bonchev–Trinajstić information content (AvgIpc) is 4.00. The number of aryl methyl sites for hydroxylation is 4. The van der Waals surface area contributed by atoms with Gasteiger partial charge < -0.3 is 29.2 Å². The highest BCUT2D eigenvalue weighted by Crippen LogP contribution is 2.30. The number of amides is 2. The molecular weight excluding hydrogens is 844 g/mol. The molecule has 2 amide bonds. The molecule has 8 aromatic rings. The van der Waals surface area contributed by atoms with Crippen molar-refractivity contribution in [2.75, 3.05) is 23.8 Å². The van der Waals surface area contributed by atoms with Crippen LogP contribution < -0.4 is 20.1 Å². The fourth-order valence-electron chi connectivity index (χ4n) is 7.29. The van der Waals surface area contributed by atoms with Gasteiger partial charge in [0.1, 0.15) is 47.2 Å². The van der Waals surface area contributed by atoms with Gasteiger partial charge in [0.25, 0.3) is 11.8 Å². The zero-order valence-electron chi connectivity index (χ0n) is 35.7. The Labute approximate surface area is 381 Å². The van der Waals surface area contributed by atoms with Crippen molar-refractivity contribution in [1.82, 2.24) is 49.5 Å². The van der Waals surface area contributed by atoms with Crippen molar-refractivity contribution >= 4 is 35.9 Å². The first-order valence-electron chi connectivity index (χ1n) is 21.1. The van der Waals surface area contributed by atoms with E-state index in [1.54, 1.807) is 37.2 Å². The lowest BCUT2D eigenvalue weighted by atomic mass is 10.0. The molecular formula is C48H45ClN12O4. The van der Waals surface area contributed by atoms with E-state index in [1.807, 2.05) is 108 Å². The number of rotatable bonds is 2. The van der Waals surface area contributed by atoms with Crippen LogP contribution >= 0.6 is 12.4 Å². The zero-order valence-corrected chi connectivity index (χ0v) is 36.5. The third-order valence-corrected chi connectivity index (χ3v) is 10.7. The van der Waals surface area contributed by atoms with Gasteiger partial charge in [-0.1, -0.05) is 36.4 Å². The van der Waals surface area contributed by atoms with Gasteiger partial charge in [-0.2, -0.15) is 0 Å². The maximum atomic E-state index is 13.2. The summed E-state index contributed by atoms with van der Waals surface area (Å²) < 4.78 is 15.9. The van der Waals surface area contributed by atoms with E-state index in [2.05, 4.69) is 51.0 Å². The molecule has 0 spiro atoms. The second kappa shape index (κ2) is 20.1. The van der Waals surface area contributed by atoms with Crippen LogP contribution in [0.15, 0.2) is 122 Å². The Balaban J connectivity index is 0.000000175. The molecule has 2 N–H and O–H groups in total. The topological polar surface area (TPSA) is 190 Å². The highest BCUT2D eigenvalue weighted by molar-refractivity contribution is 6.07. The SMILES string of the molecule is Cc1ccc(-c2ccc3c(c2)C(=O)Nc2cccc(n2)-c2nncn2CCCCO3)cn1.Cc1ccc(-c2ccc3c(c2)C(=O)Nc2cccc(n2)-c2nncn2CCCCO3)cn1.Cl. The lowest BCUT2D eigenvalue weighted by Crippen LogP contribution is -2.16. The van der Waals surface area contributed by atoms with E-state index in [0.29, 0.717) is 70.5 Å². The molecule has 0 radical (unpaired) electrons. The second-order valence-electron chi connectivity index (χ2n) is 15.3. The van der Waals surface area contributed by atoms with Crippen molar-refractivity contribution in [3.63, 3.8) is 0 Å². The average molecular weight is 889 g/mol. The Bertz CT molecular complexity index is 2740. The number of hydrogen-bond acceptors (Lipinski definition) is 12.